The minimum Gasteiger partial charge on any atom is -0.494 e. The fraction of sp³-hybridized carbons (Fsp3) is 0.389. The molecule has 0 spiro atoms. The molecule has 2 heterocycles. The second kappa shape index (κ2) is 9.67. The van der Waals surface area contributed by atoms with Gasteiger partial charge in [-0.15, -0.1) is 0 Å². The average molecular weight is 379 g/mol. The monoisotopic (exact) mass is 379 g/mol. The van der Waals surface area contributed by atoms with Crippen LogP contribution < -0.4 is 4.74 Å². The zero-order valence-electron chi connectivity index (χ0n) is 14.9. The lowest BCUT2D eigenvalue weighted by atomic mass is 10.1. The van der Waals surface area contributed by atoms with Gasteiger partial charge in [-0.05, 0) is 32.0 Å². The maximum Gasteiger partial charge on any atom is 0.328 e. The molecule has 8 nitrogen and oxygen atoms in total. The number of nitrogens with one attached hydrogen (secondary N) is 1. The van der Waals surface area contributed by atoms with Gasteiger partial charge in [-0.2, -0.15) is 5.10 Å². The molecule has 146 valence electrons. The van der Waals surface area contributed by atoms with Crippen LogP contribution in [0.3, 0.4) is 0 Å². The third-order valence-electron chi connectivity index (χ3n) is 4.15. The Balaban J connectivity index is 0.000000279. The van der Waals surface area contributed by atoms with Crippen LogP contribution in [0.25, 0.3) is 10.9 Å². The molecule has 9 heteroatoms. The Morgan fingerprint density at radius 1 is 1.26 bits per heavy atom. The average Bonchev–Trinajstić information content (AvgIpc) is 3.27. The van der Waals surface area contributed by atoms with Gasteiger partial charge in [0.1, 0.15) is 0 Å². The second-order valence-corrected chi connectivity index (χ2v) is 6.01. The lowest BCUT2D eigenvalue weighted by Gasteiger charge is -2.13. The molecule has 1 fully saturated rings. The van der Waals surface area contributed by atoms with Gasteiger partial charge in [0, 0.05) is 42.3 Å². The number of benzene rings is 1. The van der Waals surface area contributed by atoms with Crippen molar-refractivity contribution in [2.75, 3.05) is 26.7 Å². The molecule has 0 atom stereocenters. The SMILES string of the molecule is COc1cc2c(CCN3CCCC3)[nH]nc2cc1F.O=C(O)/C=C/C(=O)O. The summed E-state index contributed by atoms with van der Waals surface area (Å²) in [6.07, 6.45) is 4.61. The summed E-state index contributed by atoms with van der Waals surface area (Å²) in [4.78, 5) is 21.6. The Kier molecular flexibility index (Phi) is 7.30. The number of rotatable bonds is 6. The minimum absolute atomic E-state index is 0.274. The topological polar surface area (TPSA) is 116 Å². The maximum absolute atomic E-state index is 13.6. The molecule has 0 aliphatic carbocycles. The van der Waals surface area contributed by atoms with Crippen LogP contribution in [0.1, 0.15) is 18.5 Å². The lowest BCUT2D eigenvalue weighted by Crippen LogP contribution is -2.22. The number of carbonyl (C=O) groups is 2. The molecular formula is C18H22FN3O5. The number of hydrogen-bond donors (Lipinski definition) is 3. The van der Waals surface area contributed by atoms with E-state index < -0.39 is 11.9 Å². The molecule has 0 unspecified atom stereocenters. The van der Waals surface area contributed by atoms with Gasteiger partial charge in [-0.3, -0.25) is 5.10 Å². The smallest absolute Gasteiger partial charge is 0.328 e. The van der Waals surface area contributed by atoms with Gasteiger partial charge in [-0.25, -0.2) is 14.0 Å². The van der Waals surface area contributed by atoms with E-state index in [2.05, 4.69) is 15.1 Å². The largest absolute Gasteiger partial charge is 0.494 e. The number of carboxylic acid groups (broad SMARTS) is 2. The number of aromatic nitrogens is 2. The molecule has 1 aromatic carbocycles. The first-order valence-corrected chi connectivity index (χ1v) is 8.47. The summed E-state index contributed by atoms with van der Waals surface area (Å²) in [5, 5.41) is 23.8. The second-order valence-electron chi connectivity index (χ2n) is 6.01. The van der Waals surface area contributed by atoms with Crippen molar-refractivity contribution < 1.29 is 28.9 Å². The molecule has 27 heavy (non-hydrogen) atoms. The quantitative estimate of drug-likeness (QED) is 0.658. The number of methoxy groups -OCH3 is 1. The Hall–Kier alpha value is -2.94. The highest BCUT2D eigenvalue weighted by Gasteiger charge is 2.14. The number of nitrogens with zero attached hydrogens (tertiary/aromatic N) is 2. The van der Waals surface area contributed by atoms with Crippen molar-refractivity contribution in [2.24, 2.45) is 0 Å². The van der Waals surface area contributed by atoms with E-state index in [1.54, 1.807) is 6.07 Å². The number of aliphatic carboxylic acids is 2. The molecule has 0 amide bonds. The van der Waals surface area contributed by atoms with Crippen molar-refractivity contribution >= 4 is 22.8 Å². The summed E-state index contributed by atoms with van der Waals surface area (Å²) in [7, 11) is 1.48. The minimum atomic E-state index is -1.26. The number of likely N-dealkylation sites (tertiary alicyclic amines) is 1. The summed E-state index contributed by atoms with van der Waals surface area (Å²) in [6, 6.07) is 3.15. The van der Waals surface area contributed by atoms with Gasteiger partial charge in [0.2, 0.25) is 0 Å². The molecule has 1 aromatic heterocycles. The molecule has 0 bridgehead atoms. The molecule has 2 aromatic rings. The van der Waals surface area contributed by atoms with Crippen LogP contribution in [0.2, 0.25) is 0 Å². The van der Waals surface area contributed by atoms with E-state index in [1.807, 2.05) is 0 Å². The zero-order valence-corrected chi connectivity index (χ0v) is 14.9. The van der Waals surface area contributed by atoms with E-state index in [0.717, 1.165) is 24.0 Å². The number of ether oxygens (including phenoxy) is 1. The van der Waals surface area contributed by atoms with Crippen molar-refractivity contribution in [1.29, 1.82) is 0 Å². The Labute approximate surface area is 155 Å². The highest BCUT2D eigenvalue weighted by molar-refractivity contribution is 5.89. The lowest BCUT2D eigenvalue weighted by molar-refractivity contribution is -0.134. The van der Waals surface area contributed by atoms with E-state index in [0.29, 0.717) is 17.7 Å². The van der Waals surface area contributed by atoms with Crippen molar-refractivity contribution in [3.8, 4) is 5.75 Å². The predicted octanol–water partition coefficient (Wildman–Crippen LogP) is 2.06. The van der Waals surface area contributed by atoms with Gasteiger partial charge in [0.25, 0.3) is 0 Å². The molecule has 3 N–H and O–H groups in total. The molecule has 0 saturated carbocycles. The van der Waals surface area contributed by atoms with E-state index in [4.69, 9.17) is 14.9 Å². The van der Waals surface area contributed by atoms with Crippen LogP contribution in [0.4, 0.5) is 4.39 Å². The third kappa shape index (κ3) is 6.07. The predicted molar refractivity (Wildman–Crippen MR) is 96.4 cm³/mol. The summed E-state index contributed by atoms with van der Waals surface area (Å²) in [6.45, 7) is 3.39. The van der Waals surface area contributed by atoms with Crippen molar-refractivity contribution in [3.63, 3.8) is 0 Å². The summed E-state index contributed by atoms with van der Waals surface area (Å²) < 4.78 is 18.6. The van der Waals surface area contributed by atoms with Crippen LogP contribution >= 0.6 is 0 Å². The summed E-state index contributed by atoms with van der Waals surface area (Å²) >= 11 is 0. The number of aromatic amines is 1. The third-order valence-corrected chi connectivity index (χ3v) is 4.15. The Morgan fingerprint density at radius 3 is 2.44 bits per heavy atom. The first-order valence-electron chi connectivity index (χ1n) is 8.47. The molecular weight excluding hydrogens is 357 g/mol. The highest BCUT2D eigenvalue weighted by Crippen LogP contribution is 2.26. The Bertz CT molecular complexity index is 812. The fourth-order valence-corrected chi connectivity index (χ4v) is 2.83. The Morgan fingerprint density at radius 2 is 1.89 bits per heavy atom. The number of halogens is 1. The van der Waals surface area contributed by atoms with Crippen molar-refractivity contribution in [1.82, 2.24) is 15.1 Å². The number of hydrogen-bond acceptors (Lipinski definition) is 5. The standard InChI is InChI=1S/C14H18FN3O.C4H4O4/c1-19-14-8-10-12(4-7-18-5-2-3-6-18)16-17-13(10)9-11(14)15;5-3(6)1-2-4(7)8/h8-9H,2-7H2,1H3,(H,16,17);1-2H,(H,5,6)(H,7,8)/b;2-1+. The van der Waals surface area contributed by atoms with Crippen LogP contribution in [-0.4, -0.2) is 64.0 Å². The van der Waals surface area contributed by atoms with E-state index >= 15 is 0 Å². The highest BCUT2D eigenvalue weighted by atomic mass is 19.1. The van der Waals surface area contributed by atoms with Gasteiger partial charge in [0.15, 0.2) is 11.6 Å². The first-order chi connectivity index (χ1) is 12.9. The fourth-order valence-electron chi connectivity index (χ4n) is 2.83. The maximum atomic E-state index is 13.6. The first kappa shape index (κ1) is 20.4. The van der Waals surface area contributed by atoms with Gasteiger partial charge in [-0.1, -0.05) is 0 Å². The summed E-state index contributed by atoms with van der Waals surface area (Å²) in [5.41, 5.74) is 1.72. The van der Waals surface area contributed by atoms with E-state index in [9.17, 15) is 14.0 Å². The van der Waals surface area contributed by atoms with Crippen LogP contribution in [0.5, 0.6) is 5.75 Å². The van der Waals surface area contributed by atoms with Gasteiger partial charge >= 0.3 is 11.9 Å². The molecule has 1 saturated heterocycles. The van der Waals surface area contributed by atoms with E-state index in [1.165, 1.54) is 39.1 Å². The number of fused-ring (bicyclic) bond motifs is 1. The zero-order chi connectivity index (χ0) is 19.8. The van der Waals surface area contributed by atoms with Crippen LogP contribution in [0.15, 0.2) is 24.3 Å². The van der Waals surface area contributed by atoms with Gasteiger partial charge < -0.3 is 19.8 Å². The molecule has 0 radical (unpaired) electrons. The normalized spacial score (nSPS) is 14.3. The number of carboxylic acids is 2. The van der Waals surface area contributed by atoms with Crippen LogP contribution in [0, 0.1) is 5.82 Å². The van der Waals surface area contributed by atoms with Crippen molar-refractivity contribution in [2.45, 2.75) is 19.3 Å². The number of H-pyrrole nitrogens is 1. The van der Waals surface area contributed by atoms with Crippen LogP contribution in [-0.2, 0) is 16.0 Å². The molecule has 1 aliphatic rings. The molecule has 1 aliphatic heterocycles. The van der Waals surface area contributed by atoms with Gasteiger partial charge in [0.05, 0.1) is 12.6 Å². The van der Waals surface area contributed by atoms with E-state index in [-0.39, 0.29) is 11.6 Å². The molecule has 3 rings (SSSR count). The van der Waals surface area contributed by atoms with Crippen molar-refractivity contribution in [3.05, 3.63) is 35.8 Å². The summed E-state index contributed by atoms with van der Waals surface area (Å²) in [5.74, 6) is -2.61.